The molecule has 0 saturated carbocycles. The minimum atomic E-state index is -1.10. The predicted molar refractivity (Wildman–Crippen MR) is 167 cm³/mol. The Balaban J connectivity index is 1.24. The molecule has 3 aromatic carbocycles. The van der Waals surface area contributed by atoms with Crippen molar-refractivity contribution >= 4 is 35.1 Å². The maximum atomic E-state index is 13.4. The number of carbonyl (C=O) groups excluding carboxylic acids is 2. The molecule has 10 nitrogen and oxygen atoms in total. The minimum absolute atomic E-state index is 0.0103. The Kier molecular flexibility index (Phi) is 9.81. The zero-order valence-electron chi connectivity index (χ0n) is 24.3. The van der Waals surface area contributed by atoms with E-state index in [-0.39, 0.29) is 5.91 Å². The summed E-state index contributed by atoms with van der Waals surface area (Å²) in [5.74, 6) is -0.160. The number of carboxylic acid groups (broad SMARTS) is 1. The van der Waals surface area contributed by atoms with Gasteiger partial charge in [0.05, 0.1) is 31.6 Å². The second kappa shape index (κ2) is 14.1. The average Bonchev–Trinajstić information content (AvgIpc) is 3.37. The molecule has 0 bridgehead atoms. The Bertz CT molecular complexity index is 1650. The predicted octanol–water partition coefficient (Wildman–Crippen LogP) is 5.35. The third-order valence-corrected chi connectivity index (χ3v) is 7.68. The molecule has 0 unspecified atom stereocenters. The van der Waals surface area contributed by atoms with E-state index in [1.54, 1.807) is 40.0 Å². The summed E-state index contributed by atoms with van der Waals surface area (Å²) in [6, 6.07) is 18.2. The summed E-state index contributed by atoms with van der Waals surface area (Å²) in [6.45, 7) is 3.40. The fourth-order valence-corrected chi connectivity index (χ4v) is 5.14. The largest absolute Gasteiger partial charge is 0.493 e. The van der Waals surface area contributed by atoms with E-state index in [0.29, 0.717) is 61.9 Å². The van der Waals surface area contributed by atoms with E-state index in [0.717, 1.165) is 33.7 Å². The number of carboxylic acids is 1. The van der Waals surface area contributed by atoms with Crippen LogP contribution in [-0.2, 0) is 16.1 Å². The average molecular weight is 617 g/mol. The Labute approximate surface area is 260 Å². The van der Waals surface area contributed by atoms with Gasteiger partial charge in [0.1, 0.15) is 12.3 Å². The molecule has 0 fully saturated rings. The number of halogens is 1. The summed E-state index contributed by atoms with van der Waals surface area (Å²) in [5, 5.41) is 16.3. The molecule has 0 radical (unpaired) electrons. The van der Waals surface area contributed by atoms with Gasteiger partial charge in [0.15, 0.2) is 5.75 Å². The third-order valence-electron chi connectivity index (χ3n) is 7.27. The van der Waals surface area contributed by atoms with Gasteiger partial charge < -0.3 is 24.8 Å². The molecular formula is C33H33ClN4O6. The quantitative estimate of drug-likeness (QED) is 0.218. The van der Waals surface area contributed by atoms with Crippen molar-refractivity contribution in [2.75, 3.05) is 31.2 Å². The summed E-state index contributed by atoms with van der Waals surface area (Å²) in [7, 11) is 0. The van der Waals surface area contributed by atoms with Crippen LogP contribution in [0.3, 0.4) is 0 Å². The molecule has 2 heterocycles. The van der Waals surface area contributed by atoms with Crippen molar-refractivity contribution in [3.63, 3.8) is 0 Å². The number of anilines is 1. The van der Waals surface area contributed by atoms with Gasteiger partial charge in [-0.25, -0.2) is 0 Å². The monoisotopic (exact) mass is 616 g/mol. The van der Waals surface area contributed by atoms with E-state index < -0.39 is 18.4 Å². The second-order valence-electron chi connectivity index (χ2n) is 10.4. The first-order chi connectivity index (χ1) is 21.3. The van der Waals surface area contributed by atoms with Crippen molar-refractivity contribution < 1.29 is 29.0 Å². The first kappa shape index (κ1) is 30.6. The van der Waals surface area contributed by atoms with Crippen LogP contribution >= 0.6 is 11.6 Å². The fraction of sp³-hybridized carbons (Fsp3) is 0.273. The van der Waals surface area contributed by atoms with Gasteiger partial charge in [-0.15, -0.1) is 0 Å². The maximum absolute atomic E-state index is 13.4. The van der Waals surface area contributed by atoms with E-state index in [1.165, 1.54) is 0 Å². The van der Waals surface area contributed by atoms with Crippen LogP contribution in [0.25, 0.3) is 11.1 Å². The molecule has 44 heavy (non-hydrogen) atoms. The highest BCUT2D eigenvalue weighted by Crippen LogP contribution is 2.40. The number of ether oxygens (including phenoxy) is 2. The van der Waals surface area contributed by atoms with Crippen LogP contribution in [0.4, 0.5) is 5.69 Å². The van der Waals surface area contributed by atoms with Crippen LogP contribution in [0.1, 0.15) is 40.7 Å². The van der Waals surface area contributed by atoms with Gasteiger partial charge in [-0.2, -0.15) is 5.10 Å². The number of fused-ring (bicyclic) bond motifs is 1. The summed E-state index contributed by atoms with van der Waals surface area (Å²) < 4.78 is 13.8. The molecule has 1 aromatic heterocycles. The van der Waals surface area contributed by atoms with Crippen LogP contribution in [0.2, 0.25) is 5.02 Å². The molecule has 1 aliphatic rings. The molecule has 2 amide bonds. The van der Waals surface area contributed by atoms with Crippen LogP contribution in [-0.4, -0.2) is 59.0 Å². The van der Waals surface area contributed by atoms with Crippen molar-refractivity contribution in [1.82, 2.24) is 15.1 Å². The molecule has 5 rings (SSSR count). The summed E-state index contributed by atoms with van der Waals surface area (Å²) in [4.78, 5) is 37.9. The highest BCUT2D eigenvalue weighted by atomic mass is 35.5. The van der Waals surface area contributed by atoms with E-state index in [2.05, 4.69) is 10.4 Å². The minimum Gasteiger partial charge on any atom is -0.493 e. The second-order valence-corrected chi connectivity index (χ2v) is 10.8. The zero-order valence-corrected chi connectivity index (χ0v) is 25.0. The van der Waals surface area contributed by atoms with Crippen LogP contribution < -0.4 is 19.7 Å². The lowest BCUT2D eigenvalue weighted by Gasteiger charge is -2.23. The van der Waals surface area contributed by atoms with Gasteiger partial charge >= 0.3 is 5.97 Å². The zero-order chi connectivity index (χ0) is 31.1. The molecule has 0 spiro atoms. The molecule has 4 aromatic rings. The number of rotatable bonds is 11. The normalized spacial score (nSPS) is 12.5. The van der Waals surface area contributed by atoms with Crippen molar-refractivity contribution in [3.8, 4) is 22.6 Å². The Morgan fingerprint density at radius 1 is 1.09 bits per heavy atom. The van der Waals surface area contributed by atoms with Crippen LogP contribution in [0, 0.1) is 6.92 Å². The Morgan fingerprint density at radius 3 is 2.68 bits per heavy atom. The lowest BCUT2D eigenvalue weighted by molar-refractivity contribution is -0.135. The van der Waals surface area contributed by atoms with Gasteiger partial charge in [-0.3, -0.25) is 19.1 Å². The summed E-state index contributed by atoms with van der Waals surface area (Å²) in [5.41, 5.74) is 4.62. The number of hydrogen-bond donors (Lipinski definition) is 2. The highest BCUT2D eigenvalue weighted by molar-refractivity contribution is 6.31. The number of benzene rings is 3. The van der Waals surface area contributed by atoms with Gasteiger partial charge in [-0.05, 0) is 55.7 Å². The first-order valence-corrected chi connectivity index (χ1v) is 14.7. The van der Waals surface area contributed by atoms with Crippen molar-refractivity contribution in [2.45, 2.75) is 32.7 Å². The van der Waals surface area contributed by atoms with Gasteiger partial charge in [0, 0.05) is 46.4 Å². The number of hydrogen-bond acceptors (Lipinski definition) is 6. The lowest BCUT2D eigenvalue weighted by atomic mass is 10.1. The summed E-state index contributed by atoms with van der Waals surface area (Å²) >= 11 is 6.18. The number of nitrogens with zero attached hydrogens (tertiary/aromatic N) is 3. The Morgan fingerprint density at radius 2 is 1.89 bits per heavy atom. The van der Waals surface area contributed by atoms with Crippen molar-refractivity contribution in [1.29, 1.82) is 0 Å². The number of para-hydroxylation sites is 1. The topological polar surface area (TPSA) is 123 Å². The van der Waals surface area contributed by atoms with Crippen molar-refractivity contribution in [2.24, 2.45) is 0 Å². The molecule has 0 aliphatic carbocycles. The Hall–Kier alpha value is -4.83. The van der Waals surface area contributed by atoms with E-state index in [1.807, 2.05) is 49.5 Å². The van der Waals surface area contributed by atoms with Crippen molar-refractivity contribution in [3.05, 3.63) is 94.8 Å². The van der Waals surface area contributed by atoms with Gasteiger partial charge in [0.2, 0.25) is 5.91 Å². The highest BCUT2D eigenvalue weighted by Gasteiger charge is 2.25. The smallest absolute Gasteiger partial charge is 0.322 e. The number of carbonyl (C=O) groups is 3. The standard InChI is InChI=1S/C33H33ClN4O6/c1-22-27(34)7-3-9-29(22)43-16-4-10-30(39)38-15-5-17-44-32-26(6-2-8-28(32)38)25-18-36-37(21-25)20-23-11-13-24(14-12-23)33(42)35-19-31(40)41/h2-3,6-9,11-14,18,21H,4-5,10,15-17,19-20H2,1H3,(H,35,42)(H,40,41). The number of amides is 2. The first-order valence-electron chi connectivity index (χ1n) is 14.4. The lowest BCUT2D eigenvalue weighted by Crippen LogP contribution is -2.31. The van der Waals surface area contributed by atoms with E-state index in [4.69, 9.17) is 26.2 Å². The number of aliphatic carboxylic acids is 1. The maximum Gasteiger partial charge on any atom is 0.322 e. The van der Waals surface area contributed by atoms with Gasteiger partial charge in [-0.1, -0.05) is 41.9 Å². The van der Waals surface area contributed by atoms with Crippen LogP contribution in [0.15, 0.2) is 73.1 Å². The molecule has 2 N–H and O–H groups in total. The van der Waals surface area contributed by atoms with Crippen LogP contribution in [0.5, 0.6) is 11.5 Å². The molecule has 0 atom stereocenters. The molecule has 0 saturated heterocycles. The summed E-state index contributed by atoms with van der Waals surface area (Å²) in [6.07, 6.45) is 5.29. The van der Waals surface area contributed by atoms with Gasteiger partial charge in [0.25, 0.3) is 5.91 Å². The fourth-order valence-electron chi connectivity index (χ4n) is 4.97. The molecular weight excluding hydrogens is 584 g/mol. The molecule has 1 aliphatic heterocycles. The third kappa shape index (κ3) is 7.38. The SMILES string of the molecule is Cc1c(Cl)cccc1OCCCC(=O)N1CCCOc2c(-c3cnn(Cc4ccc(C(=O)NCC(=O)O)cc4)c3)cccc21. The van der Waals surface area contributed by atoms with E-state index in [9.17, 15) is 14.4 Å². The number of nitrogens with one attached hydrogen (secondary N) is 1. The van der Waals surface area contributed by atoms with E-state index >= 15 is 0 Å². The molecule has 228 valence electrons. The number of aromatic nitrogens is 2. The molecule has 11 heteroatoms.